The van der Waals surface area contributed by atoms with E-state index in [0.717, 1.165) is 28.8 Å². The number of alkyl halides is 3. The summed E-state index contributed by atoms with van der Waals surface area (Å²) >= 11 is 0. The molecule has 2 nitrogen and oxygen atoms in total. The third kappa shape index (κ3) is 5.31. The van der Waals surface area contributed by atoms with Crippen molar-refractivity contribution in [1.82, 2.24) is 0 Å². The van der Waals surface area contributed by atoms with Crippen LogP contribution in [0, 0.1) is 0 Å². The summed E-state index contributed by atoms with van der Waals surface area (Å²) in [5, 5.41) is 0. The lowest BCUT2D eigenvalue weighted by molar-refractivity contribution is -0.274. The van der Waals surface area contributed by atoms with Gasteiger partial charge in [0.1, 0.15) is 5.75 Å². The number of rotatable bonds is 5. The van der Waals surface area contributed by atoms with Crippen molar-refractivity contribution in [3.63, 3.8) is 0 Å². The number of allylic oxidation sites excluding steroid dienone is 1. The molecule has 0 saturated heterocycles. The highest BCUT2D eigenvalue weighted by Crippen LogP contribution is 2.23. The highest BCUT2D eigenvalue weighted by Gasteiger charge is 2.30. The van der Waals surface area contributed by atoms with E-state index in [2.05, 4.69) is 4.74 Å². The van der Waals surface area contributed by atoms with E-state index in [-0.39, 0.29) is 17.1 Å². The zero-order valence-corrected chi connectivity index (χ0v) is 14.1. The normalized spacial score (nSPS) is 11.5. The van der Waals surface area contributed by atoms with Crippen LogP contribution in [0.25, 0.3) is 17.2 Å². The van der Waals surface area contributed by atoms with Crippen LogP contribution < -0.4 is 4.74 Å². The average molecular weight is 368 g/mol. The SMILES string of the molecule is O=C(C=Cc1ccc(-c2ccccc2)cc1)c1ccc(OC(F)(F)F)cc1. The molecule has 3 aromatic rings. The van der Waals surface area contributed by atoms with E-state index in [1.54, 1.807) is 6.08 Å². The number of halogens is 3. The fraction of sp³-hybridized carbons (Fsp3) is 0.0455. The molecule has 0 spiro atoms. The Hall–Kier alpha value is -3.34. The van der Waals surface area contributed by atoms with Crippen molar-refractivity contribution >= 4 is 11.9 Å². The lowest BCUT2D eigenvalue weighted by Gasteiger charge is -2.08. The van der Waals surface area contributed by atoms with Crippen LogP contribution in [-0.4, -0.2) is 12.1 Å². The van der Waals surface area contributed by atoms with E-state index >= 15 is 0 Å². The van der Waals surface area contributed by atoms with Gasteiger partial charge in [0.25, 0.3) is 0 Å². The lowest BCUT2D eigenvalue weighted by Crippen LogP contribution is -2.17. The summed E-state index contributed by atoms with van der Waals surface area (Å²) in [6.07, 6.45) is -1.70. The second-order valence-corrected chi connectivity index (χ2v) is 5.76. The van der Waals surface area contributed by atoms with E-state index in [1.165, 1.54) is 18.2 Å². The number of ketones is 1. The molecule has 0 aliphatic rings. The first-order chi connectivity index (χ1) is 12.9. The van der Waals surface area contributed by atoms with Crippen molar-refractivity contribution in [2.45, 2.75) is 6.36 Å². The van der Waals surface area contributed by atoms with Crippen LogP contribution in [0.2, 0.25) is 0 Å². The van der Waals surface area contributed by atoms with Crippen LogP contribution in [0.4, 0.5) is 13.2 Å². The molecule has 27 heavy (non-hydrogen) atoms. The Labute approximate surface area is 154 Å². The second-order valence-electron chi connectivity index (χ2n) is 5.76. The number of hydrogen-bond donors (Lipinski definition) is 0. The van der Waals surface area contributed by atoms with Gasteiger partial charge in [-0.1, -0.05) is 60.7 Å². The Balaban J connectivity index is 1.66. The van der Waals surface area contributed by atoms with Crippen LogP contribution in [-0.2, 0) is 0 Å². The second kappa shape index (κ2) is 7.91. The Kier molecular flexibility index (Phi) is 5.41. The van der Waals surface area contributed by atoms with E-state index < -0.39 is 6.36 Å². The smallest absolute Gasteiger partial charge is 0.406 e. The quantitative estimate of drug-likeness (QED) is 0.399. The monoisotopic (exact) mass is 368 g/mol. The lowest BCUT2D eigenvalue weighted by atomic mass is 10.0. The molecular weight excluding hydrogens is 353 g/mol. The Bertz CT molecular complexity index is 926. The maximum Gasteiger partial charge on any atom is 0.573 e. The van der Waals surface area contributed by atoms with Crippen molar-refractivity contribution in [2.24, 2.45) is 0 Å². The fourth-order valence-corrected chi connectivity index (χ4v) is 2.51. The summed E-state index contributed by atoms with van der Waals surface area (Å²) in [5.74, 6) is -0.666. The van der Waals surface area contributed by atoms with Crippen LogP contribution in [0.5, 0.6) is 5.75 Å². The Morgan fingerprint density at radius 2 is 1.37 bits per heavy atom. The van der Waals surface area contributed by atoms with Gasteiger partial charge >= 0.3 is 6.36 Å². The van der Waals surface area contributed by atoms with Crippen molar-refractivity contribution in [3.8, 4) is 16.9 Å². The molecule has 5 heteroatoms. The van der Waals surface area contributed by atoms with Gasteiger partial charge in [0.05, 0.1) is 0 Å². The van der Waals surface area contributed by atoms with Gasteiger partial charge in [0.2, 0.25) is 0 Å². The highest BCUT2D eigenvalue weighted by molar-refractivity contribution is 6.06. The Morgan fingerprint density at radius 3 is 1.96 bits per heavy atom. The van der Waals surface area contributed by atoms with E-state index in [0.29, 0.717) is 0 Å². The molecule has 0 fully saturated rings. The summed E-state index contributed by atoms with van der Waals surface area (Å²) in [4.78, 5) is 12.2. The predicted octanol–water partition coefficient (Wildman–Crippen LogP) is 6.15. The third-order valence-electron chi connectivity index (χ3n) is 3.82. The molecule has 0 atom stereocenters. The minimum Gasteiger partial charge on any atom is -0.406 e. The summed E-state index contributed by atoms with van der Waals surface area (Å²) in [7, 11) is 0. The molecular formula is C22H15F3O2. The van der Waals surface area contributed by atoms with Crippen LogP contribution in [0.1, 0.15) is 15.9 Å². The molecule has 0 unspecified atom stereocenters. The largest absolute Gasteiger partial charge is 0.573 e. The first-order valence-corrected chi connectivity index (χ1v) is 8.14. The topological polar surface area (TPSA) is 26.3 Å². The summed E-state index contributed by atoms with van der Waals surface area (Å²) in [5.41, 5.74) is 3.30. The summed E-state index contributed by atoms with van der Waals surface area (Å²) in [6, 6.07) is 22.4. The maximum atomic E-state index is 12.2. The fourth-order valence-electron chi connectivity index (χ4n) is 2.51. The van der Waals surface area contributed by atoms with E-state index in [9.17, 15) is 18.0 Å². The summed E-state index contributed by atoms with van der Waals surface area (Å²) < 4.78 is 40.2. The average Bonchev–Trinajstić information content (AvgIpc) is 2.66. The molecule has 0 saturated carbocycles. The van der Waals surface area contributed by atoms with Crippen LogP contribution >= 0.6 is 0 Å². The maximum absolute atomic E-state index is 12.2. The van der Waals surface area contributed by atoms with Crippen molar-refractivity contribution in [2.75, 3.05) is 0 Å². The zero-order valence-electron chi connectivity index (χ0n) is 14.1. The molecule has 0 bridgehead atoms. The van der Waals surface area contributed by atoms with Gasteiger partial charge in [-0.3, -0.25) is 4.79 Å². The minimum atomic E-state index is -4.75. The van der Waals surface area contributed by atoms with Crippen molar-refractivity contribution in [1.29, 1.82) is 0 Å². The number of carbonyl (C=O) groups excluding carboxylic acids is 1. The van der Waals surface area contributed by atoms with Gasteiger partial charge in [0.15, 0.2) is 5.78 Å². The van der Waals surface area contributed by atoms with Crippen molar-refractivity contribution < 1.29 is 22.7 Å². The molecule has 3 rings (SSSR count). The Morgan fingerprint density at radius 1 is 0.778 bits per heavy atom. The highest BCUT2D eigenvalue weighted by atomic mass is 19.4. The molecule has 3 aromatic carbocycles. The number of ether oxygens (including phenoxy) is 1. The van der Waals surface area contributed by atoms with Gasteiger partial charge < -0.3 is 4.74 Å². The zero-order chi connectivity index (χ0) is 19.3. The summed E-state index contributed by atoms with van der Waals surface area (Å²) in [6.45, 7) is 0. The van der Waals surface area contributed by atoms with Crippen molar-refractivity contribution in [3.05, 3.63) is 96.1 Å². The standard InChI is InChI=1S/C22H15F3O2/c23-22(24,25)27-20-13-11-19(12-14-20)21(26)15-8-16-6-9-18(10-7-16)17-4-2-1-3-5-17/h1-15H. The predicted molar refractivity (Wildman–Crippen MR) is 98.4 cm³/mol. The van der Waals surface area contributed by atoms with Gasteiger partial charge in [-0.25, -0.2) is 0 Å². The van der Waals surface area contributed by atoms with Gasteiger partial charge in [0, 0.05) is 5.56 Å². The van der Waals surface area contributed by atoms with E-state index in [1.807, 2.05) is 54.6 Å². The molecule has 0 N–H and O–H groups in total. The number of carbonyl (C=O) groups is 1. The first-order valence-electron chi connectivity index (χ1n) is 8.14. The van der Waals surface area contributed by atoms with Gasteiger partial charge in [-0.2, -0.15) is 0 Å². The molecule has 0 aromatic heterocycles. The molecule has 0 aliphatic carbocycles. The molecule has 0 aliphatic heterocycles. The van der Waals surface area contributed by atoms with Crippen LogP contribution in [0.15, 0.2) is 84.9 Å². The first kappa shape index (κ1) is 18.5. The van der Waals surface area contributed by atoms with E-state index in [4.69, 9.17) is 0 Å². The third-order valence-corrected chi connectivity index (χ3v) is 3.82. The number of hydrogen-bond acceptors (Lipinski definition) is 2. The molecule has 136 valence electrons. The van der Waals surface area contributed by atoms with Gasteiger partial charge in [-0.15, -0.1) is 13.2 Å². The van der Waals surface area contributed by atoms with Crippen LogP contribution in [0.3, 0.4) is 0 Å². The molecule has 0 radical (unpaired) electrons. The number of benzene rings is 3. The molecule has 0 amide bonds. The molecule has 0 heterocycles. The van der Waals surface area contributed by atoms with Gasteiger partial charge in [-0.05, 0) is 47.0 Å². The minimum absolute atomic E-state index is 0.279.